The van der Waals surface area contributed by atoms with Crippen LogP contribution in [0.25, 0.3) is 10.4 Å². The van der Waals surface area contributed by atoms with Gasteiger partial charge in [0, 0.05) is 15.8 Å². The number of aryl methyl sites for hydroxylation is 2. The van der Waals surface area contributed by atoms with Crippen LogP contribution < -0.4 is 5.32 Å². The van der Waals surface area contributed by atoms with Crippen molar-refractivity contribution in [1.29, 1.82) is 0 Å². The van der Waals surface area contributed by atoms with Crippen molar-refractivity contribution in [3.63, 3.8) is 0 Å². The van der Waals surface area contributed by atoms with E-state index in [4.69, 9.17) is 0 Å². The van der Waals surface area contributed by atoms with Crippen molar-refractivity contribution in [3.05, 3.63) is 46.3 Å². The van der Waals surface area contributed by atoms with Gasteiger partial charge < -0.3 is 5.32 Å². The molecule has 0 saturated heterocycles. The molecule has 1 nitrogen and oxygen atoms in total. The van der Waals surface area contributed by atoms with E-state index >= 15 is 0 Å². The first kappa shape index (κ1) is 12.9. The summed E-state index contributed by atoms with van der Waals surface area (Å²) in [5.41, 5.74) is 4.44. The van der Waals surface area contributed by atoms with Crippen LogP contribution in [0.4, 0.5) is 0 Å². The molecule has 0 spiro atoms. The minimum atomic E-state index is 0.578. The second-order valence-corrected chi connectivity index (χ2v) is 6.66. The fraction of sp³-hybridized carbons (Fsp3) is 0.412. The van der Waals surface area contributed by atoms with E-state index in [0.717, 1.165) is 6.54 Å². The van der Waals surface area contributed by atoms with Crippen LogP contribution in [0.15, 0.2) is 30.3 Å². The van der Waals surface area contributed by atoms with Crippen molar-refractivity contribution in [3.8, 4) is 10.4 Å². The minimum absolute atomic E-state index is 0.578. The summed E-state index contributed by atoms with van der Waals surface area (Å²) in [5.74, 6) is 0. The average molecular weight is 271 g/mol. The van der Waals surface area contributed by atoms with Gasteiger partial charge in [-0.2, -0.15) is 0 Å². The van der Waals surface area contributed by atoms with E-state index < -0.39 is 0 Å². The molecule has 1 heterocycles. The highest BCUT2D eigenvalue weighted by Gasteiger charge is 2.21. The van der Waals surface area contributed by atoms with E-state index in [0.29, 0.717) is 6.04 Å². The van der Waals surface area contributed by atoms with Crippen molar-refractivity contribution in [2.75, 3.05) is 6.54 Å². The Morgan fingerprint density at radius 2 is 2.16 bits per heavy atom. The fourth-order valence-electron chi connectivity index (χ4n) is 2.89. The van der Waals surface area contributed by atoms with Crippen LogP contribution in [0.1, 0.15) is 41.8 Å². The van der Waals surface area contributed by atoms with Crippen LogP contribution in [0.5, 0.6) is 0 Å². The molecule has 1 N–H and O–H groups in total. The van der Waals surface area contributed by atoms with Crippen LogP contribution in [0.3, 0.4) is 0 Å². The van der Waals surface area contributed by atoms with Crippen molar-refractivity contribution in [2.24, 2.45) is 0 Å². The molecule has 1 aliphatic carbocycles. The van der Waals surface area contributed by atoms with Crippen LogP contribution in [-0.4, -0.2) is 6.54 Å². The van der Waals surface area contributed by atoms with Crippen LogP contribution in [0, 0.1) is 6.92 Å². The van der Waals surface area contributed by atoms with Crippen LogP contribution in [-0.2, 0) is 6.42 Å². The molecule has 0 saturated carbocycles. The molecule has 2 heteroatoms. The second-order valence-electron chi connectivity index (χ2n) is 5.37. The molecule has 0 amide bonds. The van der Waals surface area contributed by atoms with Gasteiger partial charge in [-0.15, -0.1) is 11.3 Å². The quantitative estimate of drug-likeness (QED) is 0.849. The Bertz CT molecular complexity index is 570. The third-order valence-corrected chi connectivity index (χ3v) is 4.94. The highest BCUT2D eigenvalue weighted by molar-refractivity contribution is 7.15. The van der Waals surface area contributed by atoms with Gasteiger partial charge in [-0.1, -0.05) is 25.1 Å². The molecule has 0 bridgehead atoms. The van der Waals surface area contributed by atoms with Gasteiger partial charge in [-0.25, -0.2) is 0 Å². The minimum Gasteiger partial charge on any atom is -0.310 e. The maximum absolute atomic E-state index is 3.65. The van der Waals surface area contributed by atoms with Gasteiger partial charge in [0.2, 0.25) is 0 Å². The van der Waals surface area contributed by atoms with Crippen molar-refractivity contribution < 1.29 is 0 Å². The SMILES string of the molecule is CCCNC1CCc2cc(-c3ccc(C)s3)ccc21. The Hall–Kier alpha value is -1.12. The predicted molar refractivity (Wildman–Crippen MR) is 83.8 cm³/mol. The van der Waals surface area contributed by atoms with Crippen LogP contribution >= 0.6 is 11.3 Å². The molecule has 1 unspecified atom stereocenters. The predicted octanol–water partition coefficient (Wildman–Crippen LogP) is 4.71. The molecule has 3 rings (SSSR count). The van der Waals surface area contributed by atoms with E-state index in [1.165, 1.54) is 45.7 Å². The molecular formula is C17H21NS. The lowest BCUT2D eigenvalue weighted by molar-refractivity contribution is 0.529. The molecule has 100 valence electrons. The molecule has 1 aromatic heterocycles. The summed E-state index contributed by atoms with van der Waals surface area (Å²) in [6, 6.07) is 12.0. The lowest BCUT2D eigenvalue weighted by atomic mass is 10.0. The highest BCUT2D eigenvalue weighted by atomic mass is 32.1. The molecule has 1 aromatic carbocycles. The number of hydrogen-bond acceptors (Lipinski definition) is 2. The summed E-state index contributed by atoms with van der Waals surface area (Å²) in [5, 5.41) is 3.65. The van der Waals surface area contributed by atoms with Gasteiger partial charge in [0.05, 0.1) is 0 Å². The Morgan fingerprint density at radius 1 is 1.26 bits per heavy atom. The van der Waals surface area contributed by atoms with Crippen molar-refractivity contribution in [2.45, 2.75) is 39.2 Å². The van der Waals surface area contributed by atoms with Gasteiger partial charge in [0.15, 0.2) is 0 Å². The maximum atomic E-state index is 3.65. The Morgan fingerprint density at radius 3 is 2.89 bits per heavy atom. The Labute approximate surface area is 119 Å². The van der Waals surface area contributed by atoms with Gasteiger partial charge in [-0.3, -0.25) is 0 Å². The Balaban J connectivity index is 1.85. The molecule has 0 radical (unpaired) electrons. The monoisotopic (exact) mass is 271 g/mol. The third kappa shape index (κ3) is 2.60. The van der Waals surface area contributed by atoms with Gasteiger partial charge in [0.25, 0.3) is 0 Å². The van der Waals surface area contributed by atoms with E-state index in [1.807, 2.05) is 11.3 Å². The number of hydrogen-bond donors (Lipinski definition) is 1. The molecule has 0 aliphatic heterocycles. The zero-order valence-electron chi connectivity index (χ0n) is 11.7. The zero-order valence-corrected chi connectivity index (χ0v) is 12.5. The third-order valence-electron chi connectivity index (χ3n) is 3.89. The fourth-order valence-corrected chi connectivity index (χ4v) is 3.75. The van der Waals surface area contributed by atoms with Gasteiger partial charge in [0.1, 0.15) is 0 Å². The number of rotatable bonds is 4. The summed E-state index contributed by atoms with van der Waals surface area (Å²) in [6.07, 6.45) is 3.68. The highest BCUT2D eigenvalue weighted by Crippen LogP contribution is 2.35. The summed E-state index contributed by atoms with van der Waals surface area (Å²) in [6.45, 7) is 5.52. The normalized spacial score (nSPS) is 17.7. The lowest BCUT2D eigenvalue weighted by Crippen LogP contribution is -2.19. The van der Waals surface area contributed by atoms with Crippen LogP contribution in [0.2, 0.25) is 0 Å². The lowest BCUT2D eigenvalue weighted by Gasteiger charge is -2.13. The van der Waals surface area contributed by atoms with Gasteiger partial charge >= 0.3 is 0 Å². The van der Waals surface area contributed by atoms with Crippen molar-refractivity contribution in [1.82, 2.24) is 5.32 Å². The Kier molecular flexibility index (Phi) is 3.72. The first-order chi connectivity index (χ1) is 9.28. The second kappa shape index (κ2) is 5.48. The molecule has 1 atom stereocenters. The average Bonchev–Trinajstić information content (AvgIpc) is 3.02. The standard InChI is InChI=1S/C17H21NS/c1-3-10-18-16-8-6-13-11-14(5-7-15(13)16)17-9-4-12(2)19-17/h4-5,7,9,11,16,18H,3,6,8,10H2,1-2H3. The first-order valence-corrected chi connectivity index (χ1v) is 8.02. The summed E-state index contributed by atoms with van der Waals surface area (Å²) < 4.78 is 0. The largest absolute Gasteiger partial charge is 0.310 e. The first-order valence-electron chi connectivity index (χ1n) is 7.21. The summed E-state index contributed by atoms with van der Waals surface area (Å²) >= 11 is 1.89. The smallest absolute Gasteiger partial charge is 0.0345 e. The summed E-state index contributed by atoms with van der Waals surface area (Å²) in [4.78, 5) is 2.78. The molecule has 1 aliphatic rings. The van der Waals surface area contributed by atoms with E-state index in [1.54, 1.807) is 0 Å². The number of nitrogens with one attached hydrogen (secondary N) is 1. The molecule has 19 heavy (non-hydrogen) atoms. The topological polar surface area (TPSA) is 12.0 Å². The maximum Gasteiger partial charge on any atom is 0.0345 e. The van der Waals surface area contributed by atoms with E-state index in [2.05, 4.69) is 49.5 Å². The van der Waals surface area contributed by atoms with Crippen molar-refractivity contribution >= 4 is 11.3 Å². The van der Waals surface area contributed by atoms with Gasteiger partial charge in [-0.05, 0) is 61.6 Å². The summed E-state index contributed by atoms with van der Waals surface area (Å²) in [7, 11) is 0. The zero-order chi connectivity index (χ0) is 13.2. The van der Waals surface area contributed by atoms with E-state index in [9.17, 15) is 0 Å². The number of benzene rings is 1. The molecule has 2 aromatic rings. The van der Waals surface area contributed by atoms with E-state index in [-0.39, 0.29) is 0 Å². The number of thiophene rings is 1. The number of fused-ring (bicyclic) bond motifs is 1. The molecular weight excluding hydrogens is 250 g/mol. The molecule has 0 fully saturated rings.